The number of amides is 1. The van der Waals surface area contributed by atoms with Crippen LogP contribution in [0.2, 0.25) is 0 Å². The third-order valence-electron chi connectivity index (χ3n) is 4.14. The lowest BCUT2D eigenvalue weighted by Crippen LogP contribution is -2.34. The highest BCUT2D eigenvalue weighted by atomic mass is 16.2. The Balaban J connectivity index is 1.83. The smallest absolute Gasteiger partial charge is 0.247 e. The lowest BCUT2D eigenvalue weighted by atomic mass is 10.0. The number of hydrogen-bond donors (Lipinski definition) is 2. The van der Waals surface area contributed by atoms with Crippen LogP contribution in [0.15, 0.2) is 48.5 Å². The SMILES string of the molecule is Cc1ccc(N[C@@H](C(=O)NC2CC2)c2ccccc2)cc1C. The first-order valence-corrected chi connectivity index (χ1v) is 7.82. The highest BCUT2D eigenvalue weighted by Crippen LogP contribution is 2.24. The number of carbonyl (C=O) groups excluding carboxylic acids is 1. The first-order chi connectivity index (χ1) is 10.6. The fourth-order valence-electron chi connectivity index (χ4n) is 2.46. The van der Waals surface area contributed by atoms with Gasteiger partial charge in [-0.25, -0.2) is 0 Å². The Morgan fingerprint density at radius 1 is 1.05 bits per heavy atom. The number of hydrogen-bond acceptors (Lipinski definition) is 2. The minimum Gasteiger partial charge on any atom is -0.370 e. The molecule has 0 saturated heterocycles. The van der Waals surface area contributed by atoms with Crippen LogP contribution in [0.1, 0.15) is 35.6 Å². The van der Waals surface area contributed by atoms with Crippen molar-refractivity contribution < 1.29 is 4.79 Å². The van der Waals surface area contributed by atoms with E-state index < -0.39 is 0 Å². The lowest BCUT2D eigenvalue weighted by Gasteiger charge is -2.20. The van der Waals surface area contributed by atoms with E-state index in [4.69, 9.17) is 0 Å². The van der Waals surface area contributed by atoms with Gasteiger partial charge in [0.15, 0.2) is 0 Å². The maximum atomic E-state index is 12.6. The van der Waals surface area contributed by atoms with Crippen molar-refractivity contribution in [2.24, 2.45) is 0 Å². The molecule has 0 aliphatic heterocycles. The molecule has 1 aliphatic rings. The zero-order valence-corrected chi connectivity index (χ0v) is 13.1. The Labute approximate surface area is 131 Å². The zero-order valence-electron chi connectivity index (χ0n) is 13.1. The Kier molecular flexibility index (Phi) is 4.14. The van der Waals surface area contributed by atoms with Gasteiger partial charge in [0.1, 0.15) is 6.04 Å². The first-order valence-electron chi connectivity index (χ1n) is 7.82. The Hall–Kier alpha value is -2.29. The van der Waals surface area contributed by atoms with Gasteiger partial charge < -0.3 is 10.6 Å². The highest BCUT2D eigenvalue weighted by molar-refractivity contribution is 5.86. The fraction of sp³-hybridized carbons (Fsp3) is 0.316. The zero-order chi connectivity index (χ0) is 15.5. The van der Waals surface area contributed by atoms with Gasteiger partial charge >= 0.3 is 0 Å². The molecular formula is C19H22N2O. The summed E-state index contributed by atoms with van der Waals surface area (Å²) < 4.78 is 0. The van der Waals surface area contributed by atoms with Crippen LogP contribution in [0, 0.1) is 13.8 Å². The quantitative estimate of drug-likeness (QED) is 0.882. The van der Waals surface area contributed by atoms with Crippen LogP contribution in [-0.2, 0) is 4.79 Å². The molecular weight excluding hydrogens is 272 g/mol. The van der Waals surface area contributed by atoms with E-state index in [1.54, 1.807) is 0 Å². The standard InChI is InChI=1S/C19H22N2O/c1-13-8-9-17(12-14(13)2)20-18(15-6-4-3-5-7-15)19(22)21-16-10-11-16/h3-9,12,16,18,20H,10-11H2,1-2H3,(H,21,22)/t18-/m1/s1. The average Bonchev–Trinajstić information content (AvgIpc) is 3.33. The molecule has 3 rings (SSSR count). The second kappa shape index (κ2) is 6.22. The summed E-state index contributed by atoms with van der Waals surface area (Å²) in [4.78, 5) is 12.6. The number of carbonyl (C=O) groups is 1. The van der Waals surface area contributed by atoms with E-state index in [0.717, 1.165) is 24.1 Å². The number of benzene rings is 2. The normalized spacial score (nSPS) is 15.2. The van der Waals surface area contributed by atoms with E-state index >= 15 is 0 Å². The van der Waals surface area contributed by atoms with Crippen molar-refractivity contribution in [3.05, 3.63) is 65.2 Å². The minimum absolute atomic E-state index is 0.0481. The molecule has 2 N–H and O–H groups in total. The second-order valence-electron chi connectivity index (χ2n) is 6.07. The van der Waals surface area contributed by atoms with E-state index in [2.05, 4.69) is 36.6 Å². The third kappa shape index (κ3) is 3.48. The van der Waals surface area contributed by atoms with Crippen LogP contribution in [0.25, 0.3) is 0 Å². The molecule has 1 aliphatic carbocycles. The maximum absolute atomic E-state index is 12.6. The molecule has 0 bridgehead atoms. The van der Waals surface area contributed by atoms with Gasteiger partial charge in [0.25, 0.3) is 0 Å². The number of rotatable bonds is 5. The largest absolute Gasteiger partial charge is 0.370 e. The number of anilines is 1. The van der Waals surface area contributed by atoms with Crippen LogP contribution in [0.5, 0.6) is 0 Å². The van der Waals surface area contributed by atoms with Crippen molar-refractivity contribution in [2.75, 3.05) is 5.32 Å². The van der Waals surface area contributed by atoms with Gasteiger partial charge in [-0.3, -0.25) is 4.79 Å². The molecule has 3 heteroatoms. The van der Waals surface area contributed by atoms with Gasteiger partial charge in [-0.05, 0) is 55.5 Å². The molecule has 114 valence electrons. The monoisotopic (exact) mass is 294 g/mol. The van der Waals surface area contributed by atoms with Crippen molar-refractivity contribution in [1.29, 1.82) is 0 Å². The Bertz CT molecular complexity index is 662. The third-order valence-corrected chi connectivity index (χ3v) is 4.14. The van der Waals surface area contributed by atoms with Crippen LogP contribution in [0.3, 0.4) is 0 Å². The van der Waals surface area contributed by atoms with Crippen molar-refractivity contribution in [3.8, 4) is 0 Å². The summed E-state index contributed by atoms with van der Waals surface area (Å²) in [5.41, 5.74) is 4.44. The molecule has 0 radical (unpaired) electrons. The highest BCUT2D eigenvalue weighted by Gasteiger charge is 2.28. The van der Waals surface area contributed by atoms with Crippen LogP contribution in [-0.4, -0.2) is 11.9 Å². The summed E-state index contributed by atoms with van der Waals surface area (Å²) in [6.45, 7) is 4.18. The van der Waals surface area contributed by atoms with Gasteiger partial charge in [-0.15, -0.1) is 0 Å². The summed E-state index contributed by atoms with van der Waals surface area (Å²) in [7, 11) is 0. The van der Waals surface area contributed by atoms with Crippen LogP contribution >= 0.6 is 0 Å². The summed E-state index contributed by atoms with van der Waals surface area (Å²) in [5, 5.41) is 6.48. The Morgan fingerprint density at radius 2 is 1.77 bits per heavy atom. The van der Waals surface area contributed by atoms with Gasteiger partial charge in [0.05, 0.1) is 0 Å². The van der Waals surface area contributed by atoms with Gasteiger partial charge in [0, 0.05) is 11.7 Å². The molecule has 0 unspecified atom stereocenters. The minimum atomic E-state index is -0.357. The molecule has 2 aromatic rings. The summed E-state index contributed by atoms with van der Waals surface area (Å²) in [6.07, 6.45) is 2.19. The van der Waals surface area contributed by atoms with E-state index in [1.807, 2.05) is 36.4 Å². The molecule has 1 fully saturated rings. The van der Waals surface area contributed by atoms with Crippen molar-refractivity contribution >= 4 is 11.6 Å². The molecule has 0 spiro atoms. The lowest BCUT2D eigenvalue weighted by molar-refractivity contribution is -0.122. The van der Waals surface area contributed by atoms with E-state index in [1.165, 1.54) is 11.1 Å². The summed E-state index contributed by atoms with van der Waals surface area (Å²) in [5.74, 6) is 0.0481. The van der Waals surface area contributed by atoms with Crippen molar-refractivity contribution in [3.63, 3.8) is 0 Å². The van der Waals surface area contributed by atoms with Crippen LogP contribution in [0.4, 0.5) is 5.69 Å². The number of nitrogens with one attached hydrogen (secondary N) is 2. The van der Waals surface area contributed by atoms with E-state index in [0.29, 0.717) is 6.04 Å². The molecule has 3 nitrogen and oxygen atoms in total. The number of aryl methyl sites for hydroxylation is 2. The van der Waals surface area contributed by atoms with Crippen molar-refractivity contribution in [1.82, 2.24) is 5.32 Å². The maximum Gasteiger partial charge on any atom is 0.247 e. The van der Waals surface area contributed by atoms with Gasteiger partial charge in [0.2, 0.25) is 5.91 Å². The van der Waals surface area contributed by atoms with Gasteiger partial charge in [-0.1, -0.05) is 36.4 Å². The van der Waals surface area contributed by atoms with E-state index in [-0.39, 0.29) is 11.9 Å². The molecule has 1 atom stereocenters. The predicted molar refractivity (Wildman–Crippen MR) is 89.9 cm³/mol. The second-order valence-corrected chi connectivity index (χ2v) is 6.07. The first kappa shape index (κ1) is 14.6. The fourth-order valence-corrected chi connectivity index (χ4v) is 2.46. The Morgan fingerprint density at radius 3 is 2.41 bits per heavy atom. The topological polar surface area (TPSA) is 41.1 Å². The molecule has 0 heterocycles. The predicted octanol–water partition coefficient (Wildman–Crippen LogP) is 3.74. The van der Waals surface area contributed by atoms with Crippen LogP contribution < -0.4 is 10.6 Å². The molecule has 22 heavy (non-hydrogen) atoms. The van der Waals surface area contributed by atoms with E-state index in [9.17, 15) is 4.79 Å². The molecule has 0 aromatic heterocycles. The molecule has 2 aromatic carbocycles. The summed E-state index contributed by atoms with van der Waals surface area (Å²) >= 11 is 0. The summed E-state index contributed by atoms with van der Waals surface area (Å²) in [6, 6.07) is 16.1. The molecule has 1 amide bonds. The average molecular weight is 294 g/mol. The molecule has 1 saturated carbocycles. The van der Waals surface area contributed by atoms with Gasteiger partial charge in [-0.2, -0.15) is 0 Å². The van der Waals surface area contributed by atoms with Crippen molar-refractivity contribution in [2.45, 2.75) is 38.8 Å².